The first kappa shape index (κ1) is 7.35. The summed E-state index contributed by atoms with van der Waals surface area (Å²) in [4.78, 5) is 0. The molecule has 2 nitrogen and oxygen atoms in total. The molecule has 0 heterocycles. The van der Waals surface area contributed by atoms with E-state index in [1.807, 2.05) is 0 Å². The second-order valence-electron chi connectivity index (χ2n) is 1.85. The number of hydrogen-bond donors (Lipinski definition) is 1. The summed E-state index contributed by atoms with van der Waals surface area (Å²) in [5.74, 6) is 0. The minimum Gasteiger partial charge on any atom is -0.399 e. The molecule has 0 aromatic heterocycles. The number of anilines is 1. The topological polar surface area (TPSA) is 49.8 Å². The molecular formula is C7H5IN2. The van der Waals surface area contributed by atoms with Crippen molar-refractivity contribution < 1.29 is 0 Å². The quantitative estimate of drug-likeness (QED) is 0.558. The third-order valence-corrected chi connectivity index (χ3v) is 2.01. The smallest absolute Gasteiger partial charge is 0.100 e. The highest BCUT2D eigenvalue weighted by Gasteiger charge is 1.96. The zero-order valence-corrected chi connectivity index (χ0v) is 7.29. The highest BCUT2D eigenvalue weighted by Crippen LogP contribution is 2.14. The van der Waals surface area contributed by atoms with E-state index in [0.29, 0.717) is 11.3 Å². The first-order valence-electron chi connectivity index (χ1n) is 2.69. The molecule has 0 radical (unpaired) electrons. The maximum Gasteiger partial charge on any atom is 0.100 e. The van der Waals surface area contributed by atoms with Gasteiger partial charge in [-0.05, 0) is 40.8 Å². The normalized spacial score (nSPS) is 8.80. The molecule has 1 aromatic carbocycles. The summed E-state index contributed by atoms with van der Waals surface area (Å²) in [6, 6.07) is 7.28. The van der Waals surface area contributed by atoms with E-state index in [4.69, 9.17) is 11.0 Å². The van der Waals surface area contributed by atoms with E-state index in [2.05, 4.69) is 28.7 Å². The number of nitrogens with two attached hydrogens (primary N) is 1. The van der Waals surface area contributed by atoms with Crippen LogP contribution in [-0.2, 0) is 0 Å². The fourth-order valence-electron chi connectivity index (χ4n) is 0.622. The molecule has 3 heteroatoms. The summed E-state index contributed by atoms with van der Waals surface area (Å²) >= 11 is 2.08. The molecule has 0 aliphatic carbocycles. The second-order valence-corrected chi connectivity index (χ2v) is 3.01. The number of halogens is 1. The molecule has 0 aliphatic rings. The molecule has 10 heavy (non-hydrogen) atoms. The van der Waals surface area contributed by atoms with Gasteiger partial charge in [-0.2, -0.15) is 5.26 Å². The van der Waals surface area contributed by atoms with Crippen LogP contribution in [0.1, 0.15) is 5.56 Å². The molecule has 0 spiro atoms. The lowest BCUT2D eigenvalue weighted by atomic mass is 10.2. The van der Waals surface area contributed by atoms with Gasteiger partial charge in [0, 0.05) is 9.26 Å². The van der Waals surface area contributed by atoms with Crippen molar-refractivity contribution in [1.29, 1.82) is 5.26 Å². The average molecular weight is 244 g/mol. The summed E-state index contributed by atoms with van der Waals surface area (Å²) in [5, 5.41) is 8.51. The maximum atomic E-state index is 8.51. The predicted octanol–water partition coefficient (Wildman–Crippen LogP) is 1.75. The minimum absolute atomic E-state index is 0.676. The lowest BCUT2D eigenvalue weighted by molar-refractivity contribution is 1.46. The van der Waals surface area contributed by atoms with E-state index in [-0.39, 0.29) is 0 Å². The molecular weight excluding hydrogens is 239 g/mol. The number of nitrogen functional groups attached to an aromatic ring is 1. The van der Waals surface area contributed by atoms with Crippen LogP contribution in [-0.4, -0.2) is 0 Å². The monoisotopic (exact) mass is 244 g/mol. The van der Waals surface area contributed by atoms with Crippen LogP contribution in [0, 0.1) is 14.9 Å². The van der Waals surface area contributed by atoms with Crippen LogP contribution in [0.4, 0.5) is 5.69 Å². The zero-order valence-electron chi connectivity index (χ0n) is 5.13. The van der Waals surface area contributed by atoms with Gasteiger partial charge in [-0.3, -0.25) is 0 Å². The minimum atomic E-state index is 0.676. The van der Waals surface area contributed by atoms with Gasteiger partial charge in [0.15, 0.2) is 0 Å². The first-order chi connectivity index (χ1) is 4.74. The van der Waals surface area contributed by atoms with E-state index in [0.717, 1.165) is 3.57 Å². The number of benzene rings is 1. The Morgan fingerprint density at radius 1 is 1.50 bits per heavy atom. The Kier molecular flexibility index (Phi) is 2.12. The number of nitrogens with zero attached hydrogens (tertiary/aromatic N) is 1. The van der Waals surface area contributed by atoms with Gasteiger partial charge >= 0.3 is 0 Å². The zero-order chi connectivity index (χ0) is 7.56. The number of hydrogen-bond acceptors (Lipinski definition) is 2. The van der Waals surface area contributed by atoms with Crippen molar-refractivity contribution in [3.63, 3.8) is 0 Å². The van der Waals surface area contributed by atoms with E-state index >= 15 is 0 Å². The lowest BCUT2D eigenvalue weighted by Gasteiger charge is -1.94. The fourth-order valence-corrected chi connectivity index (χ4v) is 1.28. The highest BCUT2D eigenvalue weighted by molar-refractivity contribution is 14.1. The Morgan fingerprint density at radius 3 is 2.70 bits per heavy atom. The Hall–Kier alpha value is -0.760. The van der Waals surface area contributed by atoms with Crippen molar-refractivity contribution in [3.8, 4) is 6.07 Å². The van der Waals surface area contributed by atoms with Crippen LogP contribution in [0.15, 0.2) is 18.2 Å². The molecule has 1 aromatic rings. The SMILES string of the molecule is N#Cc1ccc(N)cc1I. The van der Waals surface area contributed by atoms with Gasteiger partial charge in [-0.25, -0.2) is 0 Å². The van der Waals surface area contributed by atoms with Gasteiger partial charge in [0.2, 0.25) is 0 Å². The van der Waals surface area contributed by atoms with Crippen LogP contribution < -0.4 is 5.73 Å². The summed E-state index contributed by atoms with van der Waals surface area (Å²) in [5.41, 5.74) is 6.84. The molecule has 0 fully saturated rings. The van der Waals surface area contributed by atoms with Crippen LogP contribution in [0.25, 0.3) is 0 Å². The van der Waals surface area contributed by atoms with Crippen molar-refractivity contribution in [3.05, 3.63) is 27.3 Å². The maximum absolute atomic E-state index is 8.51. The van der Waals surface area contributed by atoms with E-state index in [1.165, 1.54) is 0 Å². The molecule has 2 N–H and O–H groups in total. The Labute approximate surface area is 72.8 Å². The Morgan fingerprint density at radius 2 is 2.20 bits per heavy atom. The van der Waals surface area contributed by atoms with Crippen molar-refractivity contribution in [2.75, 3.05) is 5.73 Å². The molecule has 0 bridgehead atoms. The first-order valence-corrected chi connectivity index (χ1v) is 3.77. The summed E-state index contributed by atoms with van der Waals surface area (Å²) in [7, 11) is 0. The largest absolute Gasteiger partial charge is 0.399 e. The van der Waals surface area contributed by atoms with Crippen LogP contribution >= 0.6 is 22.6 Å². The standard InChI is InChI=1S/C7H5IN2/c8-7-3-6(10)2-1-5(7)4-9/h1-3H,10H2. The van der Waals surface area contributed by atoms with Gasteiger partial charge < -0.3 is 5.73 Å². The number of nitriles is 1. The third-order valence-electron chi connectivity index (χ3n) is 1.11. The third kappa shape index (κ3) is 1.39. The predicted molar refractivity (Wildman–Crippen MR) is 48.3 cm³/mol. The van der Waals surface area contributed by atoms with Gasteiger partial charge in [0.1, 0.15) is 6.07 Å². The fraction of sp³-hybridized carbons (Fsp3) is 0. The summed E-state index contributed by atoms with van der Waals surface area (Å²) in [6.07, 6.45) is 0. The van der Waals surface area contributed by atoms with Gasteiger partial charge in [-0.1, -0.05) is 0 Å². The van der Waals surface area contributed by atoms with Crippen molar-refractivity contribution in [2.45, 2.75) is 0 Å². The molecule has 50 valence electrons. The average Bonchev–Trinajstić information content (AvgIpc) is 1.88. The molecule has 0 unspecified atom stereocenters. The summed E-state index contributed by atoms with van der Waals surface area (Å²) in [6.45, 7) is 0. The molecule has 0 saturated carbocycles. The van der Waals surface area contributed by atoms with Crippen LogP contribution in [0.5, 0.6) is 0 Å². The van der Waals surface area contributed by atoms with Gasteiger partial charge in [0.25, 0.3) is 0 Å². The van der Waals surface area contributed by atoms with Crippen LogP contribution in [0.3, 0.4) is 0 Å². The summed E-state index contributed by atoms with van der Waals surface area (Å²) < 4.78 is 0.903. The molecule has 0 saturated heterocycles. The van der Waals surface area contributed by atoms with Gasteiger partial charge in [0.05, 0.1) is 5.56 Å². The molecule has 1 rings (SSSR count). The lowest BCUT2D eigenvalue weighted by Crippen LogP contribution is -1.87. The van der Waals surface area contributed by atoms with Gasteiger partial charge in [-0.15, -0.1) is 0 Å². The van der Waals surface area contributed by atoms with E-state index < -0.39 is 0 Å². The van der Waals surface area contributed by atoms with Crippen molar-refractivity contribution in [1.82, 2.24) is 0 Å². The highest BCUT2D eigenvalue weighted by atomic mass is 127. The van der Waals surface area contributed by atoms with Crippen molar-refractivity contribution in [2.24, 2.45) is 0 Å². The van der Waals surface area contributed by atoms with Crippen molar-refractivity contribution >= 4 is 28.3 Å². The van der Waals surface area contributed by atoms with E-state index in [9.17, 15) is 0 Å². The van der Waals surface area contributed by atoms with E-state index in [1.54, 1.807) is 18.2 Å². The second kappa shape index (κ2) is 2.88. The number of rotatable bonds is 0. The Balaban J connectivity index is 3.23. The molecule has 0 atom stereocenters. The molecule has 0 aliphatic heterocycles. The molecule has 0 amide bonds. The van der Waals surface area contributed by atoms with Crippen LogP contribution in [0.2, 0.25) is 0 Å². The Bertz CT molecular complexity index is 288.